The first-order valence-corrected chi connectivity index (χ1v) is 10.4. The van der Waals surface area contributed by atoms with Gasteiger partial charge in [-0.05, 0) is 41.4 Å². The molecule has 1 fully saturated rings. The molecular formula is C22H21O2Si. The fraction of sp³-hybridized carbons (Fsp3) is 0.182. The van der Waals surface area contributed by atoms with Crippen LogP contribution in [0, 0.1) is 0 Å². The first kappa shape index (κ1) is 16.1. The number of para-hydroxylation sites is 2. The molecule has 1 radical (unpaired) electrons. The summed E-state index contributed by atoms with van der Waals surface area (Å²) in [6.45, 7) is 0.894. The summed E-state index contributed by atoms with van der Waals surface area (Å²) in [5.74, 6) is 1.75. The zero-order valence-electron chi connectivity index (χ0n) is 14.2. The molecular weight excluding hydrogens is 324 g/mol. The quantitative estimate of drug-likeness (QED) is 0.609. The molecule has 3 heteroatoms. The van der Waals surface area contributed by atoms with E-state index in [1.165, 1.54) is 29.6 Å². The predicted molar refractivity (Wildman–Crippen MR) is 104 cm³/mol. The van der Waals surface area contributed by atoms with Gasteiger partial charge >= 0.3 is 0 Å². The smallest absolute Gasteiger partial charge is 0.247 e. The standard InChI is InChI=1S/C22H21O2Si/c1-2-10-18(11-3-1)24-21-14-6-4-12-19(21)20-13-5-7-15-22(20)25-17-9-8-16-23-25/h1-7,10-15H,8-9,16-17H2. The molecule has 0 amide bonds. The fourth-order valence-electron chi connectivity index (χ4n) is 3.22. The maximum atomic E-state index is 6.18. The number of hydrogen-bond donors (Lipinski definition) is 0. The third kappa shape index (κ3) is 3.68. The van der Waals surface area contributed by atoms with Crippen molar-refractivity contribution >= 4 is 14.2 Å². The van der Waals surface area contributed by atoms with Crippen molar-refractivity contribution in [3.05, 3.63) is 78.9 Å². The topological polar surface area (TPSA) is 18.5 Å². The van der Waals surface area contributed by atoms with Crippen LogP contribution >= 0.6 is 0 Å². The number of rotatable bonds is 4. The third-order valence-electron chi connectivity index (χ3n) is 4.45. The van der Waals surface area contributed by atoms with E-state index in [1.807, 2.05) is 42.5 Å². The summed E-state index contributed by atoms with van der Waals surface area (Å²) < 4.78 is 12.3. The van der Waals surface area contributed by atoms with Gasteiger partial charge < -0.3 is 9.16 Å². The fourth-order valence-corrected chi connectivity index (χ4v) is 5.55. The van der Waals surface area contributed by atoms with Gasteiger partial charge in [0.1, 0.15) is 11.5 Å². The minimum absolute atomic E-state index is 0.857. The van der Waals surface area contributed by atoms with Crippen molar-refractivity contribution in [3.8, 4) is 22.6 Å². The minimum Gasteiger partial charge on any atom is -0.457 e. The Morgan fingerprint density at radius 1 is 0.720 bits per heavy atom. The van der Waals surface area contributed by atoms with Gasteiger partial charge in [0, 0.05) is 12.2 Å². The maximum Gasteiger partial charge on any atom is 0.247 e. The van der Waals surface area contributed by atoms with Crippen molar-refractivity contribution in [2.24, 2.45) is 0 Å². The Morgan fingerprint density at radius 2 is 1.44 bits per heavy atom. The van der Waals surface area contributed by atoms with Crippen molar-refractivity contribution in [3.63, 3.8) is 0 Å². The number of ether oxygens (including phenoxy) is 1. The molecule has 0 N–H and O–H groups in total. The van der Waals surface area contributed by atoms with Crippen molar-refractivity contribution in [1.82, 2.24) is 0 Å². The average Bonchev–Trinajstić information content (AvgIpc) is 2.70. The lowest BCUT2D eigenvalue weighted by Gasteiger charge is -2.23. The highest BCUT2D eigenvalue weighted by Gasteiger charge is 2.23. The SMILES string of the molecule is c1ccc(Oc2ccccc2-c2ccccc2[Si]2CCCCO2)cc1. The Morgan fingerprint density at radius 3 is 2.24 bits per heavy atom. The van der Waals surface area contributed by atoms with Gasteiger partial charge in [0.2, 0.25) is 9.04 Å². The van der Waals surface area contributed by atoms with E-state index in [0.717, 1.165) is 23.7 Å². The normalized spacial score (nSPS) is 15.0. The van der Waals surface area contributed by atoms with E-state index < -0.39 is 9.04 Å². The maximum absolute atomic E-state index is 6.18. The van der Waals surface area contributed by atoms with Crippen LogP contribution in [0.5, 0.6) is 11.5 Å². The van der Waals surface area contributed by atoms with Gasteiger partial charge in [0.05, 0.1) is 0 Å². The molecule has 0 bridgehead atoms. The van der Waals surface area contributed by atoms with E-state index in [0.29, 0.717) is 0 Å². The van der Waals surface area contributed by atoms with Crippen molar-refractivity contribution in [1.29, 1.82) is 0 Å². The molecule has 1 aliphatic heterocycles. The average molecular weight is 345 g/mol. The van der Waals surface area contributed by atoms with Crippen LogP contribution in [0.4, 0.5) is 0 Å². The minimum atomic E-state index is -0.947. The molecule has 0 aromatic heterocycles. The summed E-state index contributed by atoms with van der Waals surface area (Å²) in [6.07, 6.45) is 2.45. The molecule has 0 spiro atoms. The van der Waals surface area contributed by atoms with Crippen molar-refractivity contribution < 1.29 is 9.16 Å². The van der Waals surface area contributed by atoms with E-state index in [9.17, 15) is 0 Å². The zero-order valence-corrected chi connectivity index (χ0v) is 15.2. The van der Waals surface area contributed by atoms with Crippen LogP contribution in [0.25, 0.3) is 11.1 Å². The lowest BCUT2D eigenvalue weighted by molar-refractivity contribution is 0.294. The molecule has 3 aromatic rings. The summed E-state index contributed by atoms with van der Waals surface area (Å²) in [5, 5.41) is 1.36. The Hall–Kier alpha value is -2.36. The van der Waals surface area contributed by atoms with E-state index in [-0.39, 0.29) is 0 Å². The second kappa shape index (κ2) is 7.68. The van der Waals surface area contributed by atoms with Crippen LogP contribution in [-0.2, 0) is 4.43 Å². The van der Waals surface area contributed by atoms with Gasteiger partial charge in [-0.1, -0.05) is 67.1 Å². The van der Waals surface area contributed by atoms with E-state index in [1.54, 1.807) is 0 Å². The van der Waals surface area contributed by atoms with Gasteiger partial charge in [-0.15, -0.1) is 0 Å². The molecule has 25 heavy (non-hydrogen) atoms. The summed E-state index contributed by atoms with van der Waals surface area (Å²) in [5.41, 5.74) is 2.37. The molecule has 0 atom stereocenters. The molecule has 1 aliphatic rings. The summed E-state index contributed by atoms with van der Waals surface area (Å²) in [6, 6.07) is 28.1. The van der Waals surface area contributed by atoms with Crippen molar-refractivity contribution in [2.45, 2.75) is 18.9 Å². The van der Waals surface area contributed by atoms with Gasteiger partial charge in [-0.2, -0.15) is 0 Å². The Bertz CT molecular complexity index is 826. The van der Waals surface area contributed by atoms with E-state index >= 15 is 0 Å². The van der Waals surface area contributed by atoms with Crippen molar-refractivity contribution in [2.75, 3.05) is 6.61 Å². The Kier molecular flexibility index (Phi) is 4.95. The summed E-state index contributed by atoms with van der Waals surface area (Å²) >= 11 is 0. The van der Waals surface area contributed by atoms with Gasteiger partial charge in [0.15, 0.2) is 0 Å². The Balaban J connectivity index is 1.73. The van der Waals surface area contributed by atoms with Crippen LogP contribution in [0.1, 0.15) is 12.8 Å². The molecule has 3 aromatic carbocycles. The molecule has 0 aliphatic carbocycles. The zero-order chi connectivity index (χ0) is 16.9. The monoisotopic (exact) mass is 345 g/mol. The first-order chi connectivity index (χ1) is 12.4. The van der Waals surface area contributed by atoms with Gasteiger partial charge in [-0.3, -0.25) is 0 Å². The third-order valence-corrected chi connectivity index (χ3v) is 6.85. The van der Waals surface area contributed by atoms with Gasteiger partial charge in [-0.25, -0.2) is 0 Å². The molecule has 0 saturated carbocycles. The first-order valence-electron chi connectivity index (χ1n) is 8.82. The van der Waals surface area contributed by atoms with Gasteiger partial charge in [0.25, 0.3) is 0 Å². The molecule has 2 nitrogen and oxygen atoms in total. The van der Waals surface area contributed by atoms with Crippen LogP contribution in [0.3, 0.4) is 0 Å². The van der Waals surface area contributed by atoms with Crippen LogP contribution in [0.15, 0.2) is 78.9 Å². The highest BCUT2D eigenvalue weighted by atomic mass is 28.3. The summed E-state index contributed by atoms with van der Waals surface area (Å²) in [7, 11) is -0.947. The second-order valence-electron chi connectivity index (χ2n) is 6.19. The molecule has 0 unspecified atom stereocenters. The Labute approximate surface area is 150 Å². The van der Waals surface area contributed by atoms with Crippen LogP contribution in [0.2, 0.25) is 6.04 Å². The molecule has 125 valence electrons. The second-order valence-corrected chi connectivity index (χ2v) is 8.36. The number of benzene rings is 3. The van der Waals surface area contributed by atoms with Crippen LogP contribution in [-0.4, -0.2) is 15.6 Å². The summed E-state index contributed by atoms with van der Waals surface area (Å²) in [4.78, 5) is 0. The molecule has 1 saturated heterocycles. The lowest BCUT2D eigenvalue weighted by atomic mass is 10.0. The highest BCUT2D eigenvalue weighted by Crippen LogP contribution is 2.33. The highest BCUT2D eigenvalue weighted by molar-refractivity contribution is 6.69. The lowest BCUT2D eigenvalue weighted by Crippen LogP contribution is -2.37. The largest absolute Gasteiger partial charge is 0.457 e. The van der Waals surface area contributed by atoms with E-state index in [2.05, 4.69) is 36.4 Å². The molecule has 4 rings (SSSR count). The predicted octanol–water partition coefficient (Wildman–Crippen LogP) is 5.15. The van der Waals surface area contributed by atoms with Crippen LogP contribution < -0.4 is 9.92 Å². The molecule has 1 heterocycles. The van der Waals surface area contributed by atoms with E-state index in [4.69, 9.17) is 9.16 Å². The number of hydrogen-bond acceptors (Lipinski definition) is 2.